The lowest BCUT2D eigenvalue weighted by atomic mass is 10.2. The summed E-state index contributed by atoms with van der Waals surface area (Å²) in [6.45, 7) is 1.34. The van der Waals surface area contributed by atoms with Gasteiger partial charge in [-0.2, -0.15) is 0 Å². The summed E-state index contributed by atoms with van der Waals surface area (Å²) in [4.78, 5) is 45.5. The van der Waals surface area contributed by atoms with Crippen molar-refractivity contribution >= 4 is 40.5 Å². The molecule has 0 saturated carbocycles. The van der Waals surface area contributed by atoms with Gasteiger partial charge in [-0.25, -0.2) is 0 Å². The minimum absolute atomic E-state index is 0.0150. The molecule has 3 N–H and O–H groups in total. The molecule has 10 heteroatoms. The second-order valence-electron chi connectivity index (χ2n) is 5.31. The highest BCUT2D eigenvalue weighted by molar-refractivity contribution is 6.43. The van der Waals surface area contributed by atoms with E-state index >= 15 is 0 Å². The molecule has 10 nitrogen and oxygen atoms in total. The monoisotopic (exact) mass is 372 g/mol. The van der Waals surface area contributed by atoms with E-state index in [0.29, 0.717) is 5.69 Å². The molecule has 0 aliphatic rings. The summed E-state index contributed by atoms with van der Waals surface area (Å²) in [5.74, 6) is -2.16. The molecule has 0 radical (unpaired) electrons. The van der Waals surface area contributed by atoms with Crippen LogP contribution in [0, 0.1) is 10.1 Å². The Hall–Kier alpha value is -3.95. The number of hydrogen-bond donors (Lipinski definition) is 3. The van der Waals surface area contributed by atoms with Gasteiger partial charge in [0.1, 0.15) is 5.75 Å². The highest BCUT2D eigenvalue weighted by Gasteiger charge is 2.18. The SMILES string of the molecule is COc1ccc([N+](=O)[O-])cc1NC(=O)C(=O)Nc1cccc(NC(C)=O)c1. The zero-order valence-electron chi connectivity index (χ0n) is 14.4. The maximum Gasteiger partial charge on any atom is 0.314 e. The number of nitro groups is 1. The van der Waals surface area contributed by atoms with E-state index in [2.05, 4.69) is 16.0 Å². The molecular weight excluding hydrogens is 356 g/mol. The van der Waals surface area contributed by atoms with Crippen molar-refractivity contribution in [2.75, 3.05) is 23.1 Å². The number of hydrogen-bond acceptors (Lipinski definition) is 6. The van der Waals surface area contributed by atoms with Gasteiger partial charge >= 0.3 is 11.8 Å². The van der Waals surface area contributed by atoms with Gasteiger partial charge in [0.05, 0.1) is 17.7 Å². The van der Waals surface area contributed by atoms with E-state index < -0.39 is 16.7 Å². The summed E-state index contributed by atoms with van der Waals surface area (Å²) >= 11 is 0. The van der Waals surface area contributed by atoms with Gasteiger partial charge < -0.3 is 20.7 Å². The Morgan fingerprint density at radius 1 is 0.963 bits per heavy atom. The number of rotatable bonds is 5. The second-order valence-corrected chi connectivity index (χ2v) is 5.31. The van der Waals surface area contributed by atoms with E-state index in [1.54, 1.807) is 12.1 Å². The molecule has 0 aromatic heterocycles. The zero-order chi connectivity index (χ0) is 20.0. The lowest BCUT2D eigenvalue weighted by Gasteiger charge is -2.11. The molecule has 2 aromatic carbocycles. The summed E-state index contributed by atoms with van der Waals surface area (Å²) in [5.41, 5.74) is 0.446. The topological polar surface area (TPSA) is 140 Å². The predicted molar refractivity (Wildman–Crippen MR) is 97.7 cm³/mol. The third-order valence-electron chi connectivity index (χ3n) is 3.29. The molecule has 0 bridgehead atoms. The van der Waals surface area contributed by atoms with Crippen molar-refractivity contribution in [3.63, 3.8) is 0 Å². The summed E-state index contributed by atoms with van der Waals surface area (Å²) in [6.07, 6.45) is 0. The number of methoxy groups -OCH3 is 1. The molecule has 0 aliphatic carbocycles. The standard InChI is InChI=1S/C17H16N4O6/c1-10(22)18-11-4-3-5-12(8-11)19-16(23)17(24)20-14-9-13(21(25)26)6-7-15(14)27-2/h3-9H,1-2H3,(H,18,22)(H,19,23)(H,20,24). The Morgan fingerprint density at radius 3 is 2.19 bits per heavy atom. The summed E-state index contributed by atoms with van der Waals surface area (Å²) in [5, 5.41) is 18.1. The van der Waals surface area contributed by atoms with Crippen LogP contribution in [-0.2, 0) is 14.4 Å². The zero-order valence-corrected chi connectivity index (χ0v) is 14.4. The van der Waals surface area contributed by atoms with Gasteiger partial charge in [-0.05, 0) is 24.3 Å². The van der Waals surface area contributed by atoms with Crippen molar-refractivity contribution < 1.29 is 24.0 Å². The summed E-state index contributed by atoms with van der Waals surface area (Å²) in [7, 11) is 1.32. The molecule has 0 heterocycles. The van der Waals surface area contributed by atoms with Crippen LogP contribution < -0.4 is 20.7 Å². The lowest BCUT2D eigenvalue weighted by Crippen LogP contribution is -2.29. The van der Waals surface area contributed by atoms with Gasteiger partial charge in [-0.3, -0.25) is 24.5 Å². The van der Waals surface area contributed by atoms with Crippen molar-refractivity contribution in [1.29, 1.82) is 0 Å². The van der Waals surface area contributed by atoms with E-state index in [0.717, 1.165) is 6.07 Å². The first kappa shape index (κ1) is 19.4. The molecule has 27 heavy (non-hydrogen) atoms. The van der Waals surface area contributed by atoms with Crippen LogP contribution in [0.1, 0.15) is 6.92 Å². The molecule has 2 rings (SSSR count). The first-order chi connectivity index (χ1) is 12.8. The lowest BCUT2D eigenvalue weighted by molar-refractivity contribution is -0.384. The molecule has 0 saturated heterocycles. The Labute approximate surface area is 153 Å². The fraction of sp³-hybridized carbons (Fsp3) is 0.118. The Balaban J connectivity index is 2.12. The quantitative estimate of drug-likeness (QED) is 0.417. The number of nitro benzene ring substituents is 1. The number of ether oxygens (including phenoxy) is 1. The smallest absolute Gasteiger partial charge is 0.314 e. The van der Waals surface area contributed by atoms with E-state index in [1.165, 1.54) is 38.3 Å². The molecule has 0 fully saturated rings. The first-order valence-corrected chi connectivity index (χ1v) is 7.62. The molecular formula is C17H16N4O6. The fourth-order valence-corrected chi connectivity index (χ4v) is 2.15. The van der Waals surface area contributed by atoms with Crippen LogP contribution in [0.25, 0.3) is 0 Å². The van der Waals surface area contributed by atoms with Crippen molar-refractivity contribution in [2.45, 2.75) is 6.92 Å². The van der Waals surface area contributed by atoms with Crippen LogP contribution in [0.15, 0.2) is 42.5 Å². The maximum atomic E-state index is 12.1. The third kappa shape index (κ3) is 5.26. The number of anilines is 3. The van der Waals surface area contributed by atoms with Gasteiger partial charge in [-0.1, -0.05) is 6.07 Å². The number of nitrogens with zero attached hydrogens (tertiary/aromatic N) is 1. The highest BCUT2D eigenvalue weighted by Crippen LogP contribution is 2.28. The molecule has 140 valence electrons. The summed E-state index contributed by atoms with van der Waals surface area (Å²) < 4.78 is 5.02. The normalized spacial score (nSPS) is 9.85. The van der Waals surface area contributed by atoms with Crippen LogP contribution in [0.4, 0.5) is 22.7 Å². The Kier molecular flexibility index (Phi) is 6.05. The molecule has 0 spiro atoms. The van der Waals surface area contributed by atoms with Gasteiger partial charge in [0.25, 0.3) is 5.69 Å². The first-order valence-electron chi connectivity index (χ1n) is 7.62. The second kappa shape index (κ2) is 8.43. The van der Waals surface area contributed by atoms with Crippen LogP contribution in [0.2, 0.25) is 0 Å². The third-order valence-corrected chi connectivity index (χ3v) is 3.29. The van der Waals surface area contributed by atoms with Crippen LogP contribution >= 0.6 is 0 Å². The maximum absolute atomic E-state index is 12.1. The van der Waals surface area contributed by atoms with Crippen molar-refractivity contribution in [2.24, 2.45) is 0 Å². The predicted octanol–water partition coefficient (Wildman–Crippen LogP) is 2.14. The minimum Gasteiger partial charge on any atom is -0.495 e. The number of carbonyl (C=O) groups excluding carboxylic acids is 3. The number of carbonyl (C=O) groups is 3. The van der Waals surface area contributed by atoms with Gasteiger partial charge in [-0.15, -0.1) is 0 Å². The highest BCUT2D eigenvalue weighted by atomic mass is 16.6. The van der Waals surface area contributed by atoms with Crippen LogP contribution in [0.5, 0.6) is 5.75 Å². The molecule has 2 aromatic rings. The van der Waals surface area contributed by atoms with Crippen molar-refractivity contribution in [3.8, 4) is 5.75 Å². The van der Waals surface area contributed by atoms with Gasteiger partial charge in [0.2, 0.25) is 5.91 Å². The largest absolute Gasteiger partial charge is 0.495 e. The number of amides is 3. The molecule has 3 amide bonds. The molecule has 0 aliphatic heterocycles. The van der Waals surface area contributed by atoms with Gasteiger partial charge in [0.15, 0.2) is 0 Å². The van der Waals surface area contributed by atoms with E-state index in [9.17, 15) is 24.5 Å². The Morgan fingerprint density at radius 2 is 1.59 bits per heavy atom. The fourth-order valence-electron chi connectivity index (χ4n) is 2.15. The number of non-ortho nitro benzene ring substituents is 1. The van der Waals surface area contributed by atoms with E-state index in [1.807, 2.05) is 0 Å². The average molecular weight is 372 g/mol. The number of nitrogens with one attached hydrogen (secondary N) is 3. The minimum atomic E-state index is -1.04. The van der Waals surface area contributed by atoms with E-state index in [-0.39, 0.29) is 28.7 Å². The van der Waals surface area contributed by atoms with Crippen LogP contribution in [-0.4, -0.2) is 29.8 Å². The average Bonchev–Trinajstić information content (AvgIpc) is 2.61. The van der Waals surface area contributed by atoms with Crippen LogP contribution in [0.3, 0.4) is 0 Å². The van der Waals surface area contributed by atoms with Crippen molar-refractivity contribution in [3.05, 3.63) is 52.6 Å². The summed E-state index contributed by atoms with van der Waals surface area (Å²) in [6, 6.07) is 9.81. The van der Waals surface area contributed by atoms with Gasteiger partial charge in [0, 0.05) is 30.4 Å². The van der Waals surface area contributed by atoms with Crippen molar-refractivity contribution in [1.82, 2.24) is 0 Å². The van der Waals surface area contributed by atoms with E-state index in [4.69, 9.17) is 4.74 Å². The molecule has 0 atom stereocenters. The Bertz CT molecular complexity index is 912. The number of benzene rings is 2. The molecule has 0 unspecified atom stereocenters.